The van der Waals surface area contributed by atoms with E-state index < -0.39 is 47.5 Å². The Morgan fingerprint density at radius 1 is 1.13 bits per heavy atom. The fraction of sp³-hybridized carbons (Fsp3) is 0.588. The quantitative estimate of drug-likeness (QED) is 0.318. The van der Waals surface area contributed by atoms with Crippen molar-refractivity contribution in [1.29, 1.82) is 0 Å². The van der Waals surface area contributed by atoms with E-state index in [9.17, 15) is 24.3 Å². The van der Waals surface area contributed by atoms with Crippen molar-refractivity contribution in [2.45, 2.75) is 51.5 Å². The number of amides is 1. The third kappa shape index (κ3) is 6.64. The summed E-state index contributed by atoms with van der Waals surface area (Å²) in [6, 6.07) is 0. The lowest BCUT2D eigenvalue weighted by atomic mass is 10.1. The Balaban J connectivity index is 3.33. The van der Waals surface area contributed by atoms with E-state index in [0.717, 1.165) is 18.4 Å². The molecule has 4 N–H and O–H groups in total. The highest BCUT2D eigenvalue weighted by Crippen LogP contribution is 2.32. The number of ether oxygens (including phenoxy) is 3. The van der Waals surface area contributed by atoms with Gasteiger partial charge in [-0.15, -0.1) is 11.3 Å². The molecular weight excluding hydrogens is 422 g/mol. The molecule has 168 valence electrons. The third-order valence-electron chi connectivity index (χ3n) is 3.35. The molecule has 1 rings (SSSR count). The number of hydrogen-bond donors (Lipinski definition) is 4. The number of methoxy groups -OCH3 is 1. The van der Waals surface area contributed by atoms with Crippen molar-refractivity contribution in [2.75, 3.05) is 19.0 Å². The molecule has 12 nitrogen and oxygen atoms in total. The molecule has 0 aromatic carbocycles. The molecule has 0 saturated heterocycles. The molecule has 0 radical (unpaired) electrons. The van der Waals surface area contributed by atoms with E-state index >= 15 is 0 Å². The number of anilines is 1. The molecule has 30 heavy (non-hydrogen) atoms. The summed E-state index contributed by atoms with van der Waals surface area (Å²) in [6.45, 7) is 6.67. The summed E-state index contributed by atoms with van der Waals surface area (Å²) in [6.07, 6.45) is -0.821. The molecule has 1 aromatic heterocycles. The van der Waals surface area contributed by atoms with Crippen LogP contribution in [-0.4, -0.2) is 64.1 Å². The van der Waals surface area contributed by atoms with E-state index in [2.05, 4.69) is 20.4 Å². The summed E-state index contributed by atoms with van der Waals surface area (Å²) in [7, 11) is 1.09. The summed E-state index contributed by atoms with van der Waals surface area (Å²) < 4.78 is 15.2. The zero-order valence-corrected chi connectivity index (χ0v) is 18.2. The molecule has 13 heteroatoms. The van der Waals surface area contributed by atoms with Crippen LogP contribution in [0.15, 0.2) is 5.38 Å². The molecule has 1 atom stereocenters. The van der Waals surface area contributed by atoms with Gasteiger partial charge in [0, 0.05) is 5.38 Å². The number of carboxylic acids is 2. The number of carbonyl (C=O) groups is 4. The Hall–Kier alpha value is -2.77. The molecule has 1 aromatic rings. The van der Waals surface area contributed by atoms with Crippen molar-refractivity contribution in [1.82, 2.24) is 10.3 Å². The Morgan fingerprint density at radius 2 is 1.73 bits per heavy atom. The molecule has 1 heterocycles. The molecule has 0 saturated carbocycles. The summed E-state index contributed by atoms with van der Waals surface area (Å²) >= 11 is 0.853. The maximum atomic E-state index is 12.2. The predicted octanol–water partition coefficient (Wildman–Crippen LogP) is 1.37. The molecular formula is C17H25N3O9S. The van der Waals surface area contributed by atoms with Gasteiger partial charge in [0.05, 0.1) is 13.7 Å². The van der Waals surface area contributed by atoms with Crippen LogP contribution >= 0.6 is 11.3 Å². The van der Waals surface area contributed by atoms with Gasteiger partial charge in [-0.3, -0.25) is 15.4 Å². The molecule has 0 fully saturated rings. The minimum absolute atomic E-state index is 0.0264. The Morgan fingerprint density at radius 3 is 2.20 bits per heavy atom. The number of rotatable bonds is 9. The van der Waals surface area contributed by atoms with Crippen LogP contribution in [0, 0.1) is 0 Å². The second-order valence-electron chi connectivity index (χ2n) is 7.50. The number of aliphatic carboxylic acids is 2. The monoisotopic (exact) mass is 447 g/mol. The smallest absolute Gasteiger partial charge is 0.413 e. The van der Waals surface area contributed by atoms with Crippen molar-refractivity contribution in [3.05, 3.63) is 11.1 Å². The first kappa shape index (κ1) is 25.3. The Kier molecular flexibility index (Phi) is 7.89. The molecule has 1 amide bonds. The van der Waals surface area contributed by atoms with Crippen molar-refractivity contribution in [3.63, 3.8) is 0 Å². The van der Waals surface area contributed by atoms with Gasteiger partial charge in [0.2, 0.25) is 0 Å². The number of carbonyl (C=O) groups excluding carboxylic acids is 2. The first-order valence-corrected chi connectivity index (χ1v) is 9.46. The number of nitrogens with zero attached hydrogens (tertiary/aromatic N) is 1. The highest BCUT2D eigenvalue weighted by Gasteiger charge is 2.50. The Bertz CT molecular complexity index is 816. The van der Waals surface area contributed by atoms with Crippen molar-refractivity contribution >= 4 is 40.5 Å². The van der Waals surface area contributed by atoms with Gasteiger partial charge in [0.1, 0.15) is 11.3 Å². The van der Waals surface area contributed by atoms with Crippen LogP contribution in [0.25, 0.3) is 0 Å². The van der Waals surface area contributed by atoms with Crippen LogP contribution in [0.1, 0.15) is 40.3 Å². The summed E-state index contributed by atoms with van der Waals surface area (Å²) in [5.41, 5.74) is -5.38. The summed E-state index contributed by atoms with van der Waals surface area (Å²) in [4.78, 5) is 51.2. The van der Waals surface area contributed by atoms with Crippen molar-refractivity contribution in [2.24, 2.45) is 0 Å². The number of carboxylic acid groups (broad SMARTS) is 2. The average Bonchev–Trinajstić information content (AvgIpc) is 3.04. The van der Waals surface area contributed by atoms with Gasteiger partial charge in [0.25, 0.3) is 5.72 Å². The second-order valence-corrected chi connectivity index (χ2v) is 8.36. The lowest BCUT2D eigenvalue weighted by molar-refractivity contribution is -0.211. The number of aromatic nitrogens is 1. The fourth-order valence-electron chi connectivity index (χ4n) is 2.16. The zero-order valence-electron chi connectivity index (χ0n) is 17.4. The SMILES string of the molecule is COC(=O)C(C)(C)OC(NCC(=O)O)(C(=O)O)c1csc(NC(=O)OC(C)(C)C)n1. The third-order valence-corrected chi connectivity index (χ3v) is 4.11. The Labute approximate surface area is 176 Å². The molecule has 0 aliphatic heterocycles. The second kappa shape index (κ2) is 9.36. The first-order chi connectivity index (χ1) is 13.6. The van der Waals surface area contributed by atoms with Gasteiger partial charge >= 0.3 is 24.0 Å². The minimum Gasteiger partial charge on any atom is -0.480 e. The first-order valence-electron chi connectivity index (χ1n) is 8.58. The standard InChI is InChI=1S/C17H25N3O9S/c1-15(2,3)28-14(26)20-13-19-9(8-30-13)17(11(23)24,18-7-10(21)22)29-16(4,5)12(25)27-6/h8,18H,7H2,1-6H3,(H,21,22)(H,23,24)(H,19,20,26). The van der Waals surface area contributed by atoms with E-state index in [1.54, 1.807) is 20.8 Å². The number of thiazole rings is 1. The molecule has 1 unspecified atom stereocenters. The van der Waals surface area contributed by atoms with Crippen molar-refractivity contribution < 1.29 is 43.6 Å². The normalized spacial score (nSPS) is 13.8. The predicted molar refractivity (Wildman–Crippen MR) is 104 cm³/mol. The van der Waals surface area contributed by atoms with E-state index in [1.807, 2.05) is 0 Å². The minimum atomic E-state index is -2.53. The van der Waals surface area contributed by atoms with E-state index in [1.165, 1.54) is 19.2 Å². The zero-order chi connectivity index (χ0) is 23.3. The highest BCUT2D eigenvalue weighted by molar-refractivity contribution is 7.13. The molecule has 0 aliphatic rings. The van der Waals surface area contributed by atoms with Gasteiger partial charge in [-0.05, 0) is 34.6 Å². The van der Waals surface area contributed by atoms with Crippen LogP contribution in [0.5, 0.6) is 0 Å². The topological polar surface area (TPSA) is 173 Å². The number of esters is 1. The fourth-order valence-corrected chi connectivity index (χ4v) is 2.90. The van der Waals surface area contributed by atoms with Crippen LogP contribution in [-0.2, 0) is 34.3 Å². The average molecular weight is 447 g/mol. The summed E-state index contributed by atoms with van der Waals surface area (Å²) in [5.74, 6) is -3.93. The van der Waals surface area contributed by atoms with Gasteiger partial charge in [0.15, 0.2) is 10.7 Å². The maximum absolute atomic E-state index is 12.2. The van der Waals surface area contributed by atoms with Gasteiger partial charge in [-0.2, -0.15) is 0 Å². The largest absolute Gasteiger partial charge is 0.480 e. The van der Waals surface area contributed by atoms with Crippen LogP contribution in [0.4, 0.5) is 9.93 Å². The highest BCUT2D eigenvalue weighted by atomic mass is 32.1. The summed E-state index contributed by atoms with van der Waals surface area (Å²) in [5, 5.41) is 24.7. The molecule has 0 spiro atoms. The van der Waals surface area contributed by atoms with E-state index in [0.29, 0.717) is 0 Å². The van der Waals surface area contributed by atoms with Crippen LogP contribution < -0.4 is 10.6 Å². The van der Waals surface area contributed by atoms with Crippen LogP contribution in [0.3, 0.4) is 0 Å². The van der Waals surface area contributed by atoms with Gasteiger partial charge in [-0.1, -0.05) is 0 Å². The van der Waals surface area contributed by atoms with Gasteiger partial charge < -0.3 is 24.4 Å². The number of hydrogen-bond acceptors (Lipinski definition) is 10. The van der Waals surface area contributed by atoms with E-state index in [4.69, 9.17) is 14.6 Å². The lowest BCUT2D eigenvalue weighted by Gasteiger charge is -2.35. The molecule has 0 bridgehead atoms. The van der Waals surface area contributed by atoms with Crippen molar-refractivity contribution in [3.8, 4) is 0 Å². The van der Waals surface area contributed by atoms with E-state index in [-0.39, 0.29) is 10.8 Å². The van der Waals surface area contributed by atoms with Gasteiger partial charge in [-0.25, -0.2) is 19.4 Å². The molecule has 0 aliphatic carbocycles. The number of nitrogens with one attached hydrogen (secondary N) is 2. The maximum Gasteiger partial charge on any atom is 0.413 e. The lowest BCUT2D eigenvalue weighted by Crippen LogP contribution is -2.58. The van der Waals surface area contributed by atoms with Crippen LogP contribution in [0.2, 0.25) is 0 Å².